The average molecular weight is 462 g/mol. The molecular weight excluding hydrogens is 434 g/mol. The number of carbonyl (C=O) groups is 1. The molecule has 9 heteroatoms. The zero-order valence-corrected chi connectivity index (χ0v) is 18.5. The van der Waals surface area contributed by atoms with Crippen molar-refractivity contribution in [2.24, 2.45) is 5.92 Å². The Labute approximate surface area is 170 Å². The highest BCUT2D eigenvalue weighted by Gasteiger charge is 2.31. The van der Waals surface area contributed by atoms with E-state index >= 15 is 0 Å². The maximum atomic E-state index is 13.1. The summed E-state index contributed by atoms with van der Waals surface area (Å²) in [5.41, 5.74) is 0. The van der Waals surface area contributed by atoms with Crippen molar-refractivity contribution in [2.45, 2.75) is 25.7 Å². The second-order valence-corrected chi connectivity index (χ2v) is 9.72. The molecule has 1 N–H and O–H groups in total. The number of hydrogen-bond acceptors (Lipinski definition) is 5. The first-order valence-electron chi connectivity index (χ1n) is 9.15. The van der Waals surface area contributed by atoms with Crippen molar-refractivity contribution in [1.82, 2.24) is 14.5 Å². The second kappa shape index (κ2) is 9.86. The standard InChI is InChI=1S/C18H28BrN3O4S/c1-4-26-16-6-5-15(19)11-17(16)27(24,25)22-9-7-21(8-10-22)13-18(23)20-12-14(2)3/h5-6,11,14H,4,7-10,12-13H2,1-3H3,(H,20,23). The zero-order chi connectivity index (χ0) is 20.0. The molecule has 2 rings (SSSR count). The molecule has 1 aromatic carbocycles. The van der Waals surface area contributed by atoms with Crippen LogP contribution in [0.3, 0.4) is 0 Å². The van der Waals surface area contributed by atoms with Gasteiger partial charge in [0, 0.05) is 37.2 Å². The highest BCUT2D eigenvalue weighted by atomic mass is 79.9. The van der Waals surface area contributed by atoms with E-state index in [0.29, 0.717) is 62.0 Å². The number of sulfonamides is 1. The third-order valence-corrected chi connectivity index (χ3v) is 6.64. The lowest BCUT2D eigenvalue weighted by Gasteiger charge is -2.33. The zero-order valence-electron chi connectivity index (χ0n) is 16.1. The van der Waals surface area contributed by atoms with Crippen molar-refractivity contribution >= 4 is 31.9 Å². The fourth-order valence-corrected chi connectivity index (χ4v) is 4.89. The molecule has 0 aromatic heterocycles. The van der Waals surface area contributed by atoms with E-state index in [-0.39, 0.29) is 10.8 Å². The summed E-state index contributed by atoms with van der Waals surface area (Å²) in [7, 11) is -3.66. The highest BCUT2D eigenvalue weighted by molar-refractivity contribution is 9.10. The molecule has 27 heavy (non-hydrogen) atoms. The van der Waals surface area contributed by atoms with Crippen molar-refractivity contribution in [3.8, 4) is 5.75 Å². The number of benzene rings is 1. The number of carbonyl (C=O) groups excluding carboxylic acids is 1. The third-order valence-electron chi connectivity index (χ3n) is 4.23. The van der Waals surface area contributed by atoms with Crippen molar-refractivity contribution < 1.29 is 17.9 Å². The minimum absolute atomic E-state index is 0.0226. The van der Waals surface area contributed by atoms with Crippen molar-refractivity contribution in [3.63, 3.8) is 0 Å². The van der Waals surface area contributed by atoms with Crippen molar-refractivity contribution in [2.75, 3.05) is 45.9 Å². The van der Waals surface area contributed by atoms with Crippen LogP contribution in [0.5, 0.6) is 5.75 Å². The molecule has 152 valence electrons. The average Bonchev–Trinajstić information content (AvgIpc) is 2.62. The number of nitrogens with one attached hydrogen (secondary N) is 1. The van der Waals surface area contributed by atoms with E-state index in [4.69, 9.17) is 4.74 Å². The van der Waals surface area contributed by atoms with Gasteiger partial charge in [0.25, 0.3) is 0 Å². The Morgan fingerprint density at radius 1 is 1.26 bits per heavy atom. The van der Waals surface area contributed by atoms with Gasteiger partial charge in [-0.15, -0.1) is 0 Å². The van der Waals surface area contributed by atoms with Crippen LogP contribution in [0.25, 0.3) is 0 Å². The largest absolute Gasteiger partial charge is 0.492 e. The van der Waals surface area contributed by atoms with Gasteiger partial charge in [0.2, 0.25) is 15.9 Å². The van der Waals surface area contributed by atoms with Crippen LogP contribution in [0.2, 0.25) is 0 Å². The number of nitrogens with zero attached hydrogens (tertiary/aromatic N) is 2. The Morgan fingerprint density at radius 3 is 2.52 bits per heavy atom. The van der Waals surface area contributed by atoms with E-state index in [9.17, 15) is 13.2 Å². The van der Waals surface area contributed by atoms with Gasteiger partial charge < -0.3 is 10.1 Å². The van der Waals surface area contributed by atoms with E-state index < -0.39 is 10.0 Å². The Hall–Kier alpha value is -1.16. The molecule has 1 aliphatic rings. The van der Waals surface area contributed by atoms with Crippen LogP contribution in [0.1, 0.15) is 20.8 Å². The molecule has 1 fully saturated rings. The molecule has 0 radical (unpaired) electrons. The quantitative estimate of drug-likeness (QED) is 0.639. The summed E-state index contributed by atoms with van der Waals surface area (Å²) >= 11 is 3.33. The Balaban J connectivity index is 2.01. The maximum Gasteiger partial charge on any atom is 0.246 e. The van der Waals surface area contributed by atoms with Crippen LogP contribution in [-0.2, 0) is 14.8 Å². The summed E-state index contributed by atoms with van der Waals surface area (Å²) in [6.07, 6.45) is 0. The van der Waals surface area contributed by atoms with E-state index in [2.05, 4.69) is 21.2 Å². The lowest BCUT2D eigenvalue weighted by Crippen LogP contribution is -2.51. The van der Waals surface area contributed by atoms with E-state index in [1.165, 1.54) is 4.31 Å². The molecule has 1 amide bonds. The molecular formula is C18H28BrN3O4S. The van der Waals surface area contributed by atoms with Crippen LogP contribution in [0.15, 0.2) is 27.6 Å². The fraction of sp³-hybridized carbons (Fsp3) is 0.611. The minimum Gasteiger partial charge on any atom is -0.492 e. The Morgan fingerprint density at radius 2 is 1.93 bits per heavy atom. The first-order chi connectivity index (χ1) is 12.7. The van der Waals surface area contributed by atoms with Gasteiger partial charge in [0.15, 0.2) is 0 Å². The molecule has 0 bridgehead atoms. The molecule has 7 nitrogen and oxygen atoms in total. The number of hydrogen-bond donors (Lipinski definition) is 1. The molecule has 1 saturated heterocycles. The summed E-state index contributed by atoms with van der Waals surface area (Å²) < 4.78 is 33.8. The first-order valence-corrected chi connectivity index (χ1v) is 11.4. The van der Waals surface area contributed by atoms with Crippen molar-refractivity contribution in [1.29, 1.82) is 0 Å². The summed E-state index contributed by atoms with van der Waals surface area (Å²) in [5.74, 6) is 0.738. The number of amides is 1. The first kappa shape index (κ1) is 22.1. The topological polar surface area (TPSA) is 79.0 Å². The van der Waals surface area contributed by atoms with Gasteiger partial charge in [-0.05, 0) is 31.0 Å². The monoisotopic (exact) mass is 461 g/mol. The maximum absolute atomic E-state index is 13.1. The smallest absolute Gasteiger partial charge is 0.246 e. The van der Waals surface area contributed by atoms with Crippen LogP contribution in [0.4, 0.5) is 0 Å². The number of ether oxygens (including phenoxy) is 1. The van der Waals surface area contributed by atoms with E-state index in [0.717, 1.165) is 0 Å². The van der Waals surface area contributed by atoms with E-state index in [1.54, 1.807) is 18.2 Å². The molecule has 0 atom stereocenters. The van der Waals surface area contributed by atoms with Crippen LogP contribution < -0.4 is 10.1 Å². The second-order valence-electron chi connectivity index (χ2n) is 6.90. The molecule has 0 saturated carbocycles. The Bertz CT molecular complexity index is 747. The predicted molar refractivity (Wildman–Crippen MR) is 108 cm³/mol. The van der Waals surface area contributed by atoms with Gasteiger partial charge >= 0.3 is 0 Å². The fourth-order valence-electron chi connectivity index (χ4n) is 2.80. The number of rotatable bonds is 8. The summed E-state index contributed by atoms with van der Waals surface area (Å²) in [6.45, 7) is 8.97. The van der Waals surface area contributed by atoms with E-state index in [1.807, 2.05) is 25.7 Å². The summed E-state index contributed by atoms with van der Waals surface area (Å²) in [6, 6.07) is 5.00. The van der Waals surface area contributed by atoms with Gasteiger partial charge in [-0.1, -0.05) is 29.8 Å². The van der Waals surface area contributed by atoms with Crippen LogP contribution in [-0.4, -0.2) is 69.4 Å². The number of halogens is 1. The Kier molecular flexibility index (Phi) is 8.08. The lowest BCUT2D eigenvalue weighted by atomic mass is 10.2. The van der Waals surface area contributed by atoms with Crippen LogP contribution >= 0.6 is 15.9 Å². The van der Waals surface area contributed by atoms with Gasteiger partial charge in [-0.25, -0.2) is 8.42 Å². The third kappa shape index (κ3) is 6.17. The summed E-state index contributed by atoms with van der Waals surface area (Å²) in [5, 5.41) is 2.89. The number of piperazine rings is 1. The van der Waals surface area contributed by atoms with Crippen LogP contribution in [0, 0.1) is 5.92 Å². The molecule has 1 aliphatic heterocycles. The molecule has 1 aromatic rings. The van der Waals surface area contributed by atoms with Gasteiger partial charge in [-0.3, -0.25) is 9.69 Å². The minimum atomic E-state index is -3.66. The molecule has 0 unspecified atom stereocenters. The molecule has 0 aliphatic carbocycles. The summed E-state index contributed by atoms with van der Waals surface area (Å²) in [4.78, 5) is 14.1. The SMILES string of the molecule is CCOc1ccc(Br)cc1S(=O)(=O)N1CCN(CC(=O)NCC(C)C)CC1. The van der Waals surface area contributed by atoms with Gasteiger partial charge in [0.05, 0.1) is 13.2 Å². The normalized spacial score (nSPS) is 16.5. The lowest BCUT2D eigenvalue weighted by molar-refractivity contribution is -0.122. The van der Waals surface area contributed by atoms with Crippen molar-refractivity contribution in [3.05, 3.63) is 22.7 Å². The molecule has 0 spiro atoms. The highest BCUT2D eigenvalue weighted by Crippen LogP contribution is 2.30. The van der Waals surface area contributed by atoms with Gasteiger partial charge in [-0.2, -0.15) is 4.31 Å². The molecule has 1 heterocycles. The van der Waals surface area contributed by atoms with Gasteiger partial charge in [0.1, 0.15) is 10.6 Å². The predicted octanol–water partition coefficient (Wildman–Crippen LogP) is 1.93.